The molecule has 14 heavy (non-hydrogen) atoms. The second-order valence-electron chi connectivity index (χ2n) is 3.76. The van der Waals surface area contributed by atoms with Crippen molar-refractivity contribution in [3.8, 4) is 0 Å². The van der Waals surface area contributed by atoms with E-state index >= 15 is 0 Å². The zero-order valence-electron chi connectivity index (χ0n) is 8.36. The van der Waals surface area contributed by atoms with Gasteiger partial charge in [0.15, 0.2) is 0 Å². The molecule has 1 saturated heterocycles. The Morgan fingerprint density at radius 1 is 1.29 bits per heavy atom. The highest BCUT2D eigenvalue weighted by atomic mass is 16.3. The largest absolute Gasteiger partial charge is 0.372 e. The van der Waals surface area contributed by atoms with Crippen molar-refractivity contribution in [1.82, 2.24) is 0 Å². The van der Waals surface area contributed by atoms with E-state index in [1.165, 1.54) is 18.5 Å². The van der Waals surface area contributed by atoms with Gasteiger partial charge in [0.1, 0.15) is 5.69 Å². The minimum atomic E-state index is 0.549. The van der Waals surface area contributed by atoms with Crippen molar-refractivity contribution in [2.75, 3.05) is 18.0 Å². The lowest BCUT2D eigenvalue weighted by molar-refractivity contribution is 0.949. The lowest BCUT2D eigenvalue weighted by atomic mass is 10.2. The molecule has 74 valence electrons. The van der Waals surface area contributed by atoms with Crippen LogP contribution >= 0.6 is 0 Å². The second kappa shape index (κ2) is 3.78. The first kappa shape index (κ1) is 9.19. The van der Waals surface area contributed by atoms with Gasteiger partial charge in [0.2, 0.25) is 0 Å². The number of rotatable bonds is 2. The number of anilines is 1. The highest BCUT2D eigenvalue weighted by Crippen LogP contribution is 2.26. The van der Waals surface area contributed by atoms with Gasteiger partial charge in [-0.25, -0.2) is 0 Å². The molecule has 1 fully saturated rings. The molecule has 0 unspecified atom stereocenters. The van der Waals surface area contributed by atoms with Crippen LogP contribution in [0.5, 0.6) is 0 Å². The average molecular weight is 190 g/mol. The molecule has 0 saturated carbocycles. The molecule has 0 radical (unpaired) electrons. The van der Waals surface area contributed by atoms with Crippen molar-refractivity contribution in [2.45, 2.75) is 19.8 Å². The molecular formula is C11H14N2O. The van der Waals surface area contributed by atoms with Crippen LogP contribution < -0.4 is 4.90 Å². The van der Waals surface area contributed by atoms with Crippen molar-refractivity contribution in [3.63, 3.8) is 0 Å². The first-order chi connectivity index (χ1) is 6.81. The number of benzene rings is 1. The molecule has 0 bridgehead atoms. The Balaban J connectivity index is 2.27. The number of nitroso groups, excluding NO2 is 1. The van der Waals surface area contributed by atoms with E-state index in [-0.39, 0.29) is 0 Å². The fourth-order valence-corrected chi connectivity index (χ4v) is 1.91. The molecular weight excluding hydrogens is 176 g/mol. The van der Waals surface area contributed by atoms with Gasteiger partial charge in [0.25, 0.3) is 0 Å². The van der Waals surface area contributed by atoms with E-state index < -0.39 is 0 Å². The maximum atomic E-state index is 10.4. The summed E-state index contributed by atoms with van der Waals surface area (Å²) in [6.07, 6.45) is 2.54. The van der Waals surface area contributed by atoms with E-state index in [1.807, 2.05) is 19.1 Å². The van der Waals surface area contributed by atoms with Crippen LogP contribution in [-0.4, -0.2) is 13.1 Å². The van der Waals surface area contributed by atoms with E-state index in [0.717, 1.165) is 18.7 Å². The van der Waals surface area contributed by atoms with Gasteiger partial charge < -0.3 is 4.90 Å². The zero-order chi connectivity index (χ0) is 9.97. The molecule has 0 atom stereocenters. The van der Waals surface area contributed by atoms with Crippen molar-refractivity contribution in [2.24, 2.45) is 5.18 Å². The summed E-state index contributed by atoms with van der Waals surface area (Å²) in [6.45, 7) is 4.19. The molecule has 1 heterocycles. The SMILES string of the molecule is Cc1cc(N2CCCC2)ccc1N=O. The first-order valence-electron chi connectivity index (χ1n) is 5.00. The highest BCUT2D eigenvalue weighted by Gasteiger charge is 2.12. The normalized spacial score (nSPS) is 15.9. The number of aryl methyl sites for hydroxylation is 1. The lowest BCUT2D eigenvalue weighted by Gasteiger charge is -2.18. The summed E-state index contributed by atoms with van der Waals surface area (Å²) in [4.78, 5) is 12.7. The minimum absolute atomic E-state index is 0.549. The topological polar surface area (TPSA) is 32.7 Å². The van der Waals surface area contributed by atoms with Gasteiger partial charge in [-0.3, -0.25) is 0 Å². The smallest absolute Gasteiger partial charge is 0.111 e. The number of hydrogen-bond donors (Lipinski definition) is 0. The third-order valence-electron chi connectivity index (χ3n) is 2.75. The van der Waals surface area contributed by atoms with Crippen LogP contribution in [0.2, 0.25) is 0 Å². The van der Waals surface area contributed by atoms with Crippen LogP contribution in [0.15, 0.2) is 23.4 Å². The molecule has 3 heteroatoms. The maximum Gasteiger partial charge on any atom is 0.111 e. The predicted molar refractivity (Wildman–Crippen MR) is 58.1 cm³/mol. The molecule has 0 N–H and O–H groups in total. The molecule has 0 amide bonds. The Morgan fingerprint density at radius 2 is 2.00 bits per heavy atom. The minimum Gasteiger partial charge on any atom is -0.372 e. The summed E-state index contributed by atoms with van der Waals surface area (Å²) in [7, 11) is 0. The molecule has 2 rings (SSSR count). The van der Waals surface area contributed by atoms with E-state index in [0.29, 0.717) is 5.69 Å². The zero-order valence-corrected chi connectivity index (χ0v) is 8.36. The quantitative estimate of drug-likeness (QED) is 0.671. The van der Waals surface area contributed by atoms with E-state index in [4.69, 9.17) is 0 Å². The fraction of sp³-hybridized carbons (Fsp3) is 0.455. The van der Waals surface area contributed by atoms with Gasteiger partial charge in [-0.1, -0.05) is 0 Å². The second-order valence-corrected chi connectivity index (χ2v) is 3.76. The third kappa shape index (κ3) is 1.62. The van der Waals surface area contributed by atoms with Crippen molar-refractivity contribution in [1.29, 1.82) is 0 Å². The Kier molecular flexibility index (Phi) is 2.48. The third-order valence-corrected chi connectivity index (χ3v) is 2.75. The average Bonchev–Trinajstić information content (AvgIpc) is 2.70. The standard InChI is InChI=1S/C11H14N2O/c1-9-8-10(4-5-11(9)12-14)13-6-2-3-7-13/h4-5,8H,2-3,6-7H2,1H3. The summed E-state index contributed by atoms with van der Waals surface area (Å²) in [5.41, 5.74) is 2.73. The summed E-state index contributed by atoms with van der Waals surface area (Å²) in [5.74, 6) is 0. The van der Waals surface area contributed by atoms with E-state index in [9.17, 15) is 4.91 Å². The Bertz CT molecular complexity index is 343. The van der Waals surface area contributed by atoms with Gasteiger partial charge in [-0.2, -0.15) is 0 Å². The van der Waals surface area contributed by atoms with E-state index in [1.54, 1.807) is 6.07 Å². The van der Waals surface area contributed by atoms with Crippen LogP contribution in [0.3, 0.4) is 0 Å². The van der Waals surface area contributed by atoms with E-state index in [2.05, 4.69) is 10.1 Å². The molecule has 0 aromatic heterocycles. The van der Waals surface area contributed by atoms with Gasteiger partial charge >= 0.3 is 0 Å². The molecule has 1 aromatic rings. The summed E-state index contributed by atoms with van der Waals surface area (Å²) in [6, 6.07) is 5.83. The Hall–Kier alpha value is -1.38. The molecule has 1 aliphatic heterocycles. The van der Waals surface area contributed by atoms with Crippen LogP contribution in [0, 0.1) is 11.8 Å². The number of hydrogen-bond acceptors (Lipinski definition) is 3. The lowest BCUT2D eigenvalue weighted by Crippen LogP contribution is -2.17. The van der Waals surface area contributed by atoms with Crippen molar-refractivity contribution < 1.29 is 0 Å². The summed E-state index contributed by atoms with van der Waals surface area (Å²) >= 11 is 0. The highest BCUT2D eigenvalue weighted by molar-refractivity contribution is 5.57. The van der Waals surface area contributed by atoms with Crippen LogP contribution in [0.4, 0.5) is 11.4 Å². The Morgan fingerprint density at radius 3 is 2.57 bits per heavy atom. The fourth-order valence-electron chi connectivity index (χ4n) is 1.91. The predicted octanol–water partition coefficient (Wildman–Crippen LogP) is 2.99. The van der Waals surface area contributed by atoms with Crippen molar-refractivity contribution in [3.05, 3.63) is 28.7 Å². The Labute approximate surface area is 83.7 Å². The van der Waals surface area contributed by atoms with Gasteiger partial charge in [0, 0.05) is 18.8 Å². The maximum absolute atomic E-state index is 10.4. The summed E-state index contributed by atoms with van der Waals surface area (Å²) in [5, 5.41) is 2.97. The van der Waals surface area contributed by atoms with Gasteiger partial charge in [-0.15, -0.1) is 4.91 Å². The molecule has 1 aliphatic rings. The van der Waals surface area contributed by atoms with Crippen LogP contribution in [0.25, 0.3) is 0 Å². The van der Waals surface area contributed by atoms with Crippen LogP contribution in [0.1, 0.15) is 18.4 Å². The monoisotopic (exact) mass is 190 g/mol. The van der Waals surface area contributed by atoms with Crippen LogP contribution in [-0.2, 0) is 0 Å². The molecule has 1 aromatic carbocycles. The van der Waals surface area contributed by atoms with Gasteiger partial charge in [0.05, 0.1) is 0 Å². The molecule has 0 spiro atoms. The summed E-state index contributed by atoms with van der Waals surface area (Å²) < 4.78 is 0. The first-order valence-corrected chi connectivity index (χ1v) is 5.00. The molecule has 3 nitrogen and oxygen atoms in total. The van der Waals surface area contributed by atoms with Crippen molar-refractivity contribution >= 4 is 11.4 Å². The molecule has 0 aliphatic carbocycles. The number of nitrogens with zero attached hydrogens (tertiary/aromatic N) is 2. The van der Waals surface area contributed by atoms with Gasteiger partial charge in [-0.05, 0) is 48.7 Å².